The smallest absolute Gasteiger partial charge is 0.381 e. The van der Waals surface area contributed by atoms with Crippen LogP contribution in [0.25, 0.3) is 0 Å². The highest BCUT2D eigenvalue weighted by Gasteiger charge is 2.39. The molecule has 3 rings (SSSR count). The Balaban J connectivity index is 2.07. The van der Waals surface area contributed by atoms with Crippen LogP contribution in [0.2, 0.25) is 0 Å². The van der Waals surface area contributed by atoms with Gasteiger partial charge < -0.3 is 10.1 Å². The highest BCUT2D eigenvalue weighted by atomic mass is 19.4. The van der Waals surface area contributed by atoms with Crippen molar-refractivity contribution in [2.24, 2.45) is 0 Å². The number of fused-ring (bicyclic) bond motifs is 1. The SMILES string of the molecule is FC(F)(F)c1nc(C2CCOC2)nc2c1CNC2. The Hall–Kier alpha value is -1.21. The number of ether oxygens (including phenoxy) is 1. The fourth-order valence-electron chi connectivity index (χ4n) is 2.34. The zero-order valence-electron chi connectivity index (χ0n) is 9.55. The molecule has 4 nitrogen and oxygen atoms in total. The Kier molecular flexibility index (Phi) is 2.74. The Bertz CT molecular complexity index is 469. The number of alkyl halides is 3. The van der Waals surface area contributed by atoms with Gasteiger partial charge in [-0.05, 0) is 6.42 Å². The van der Waals surface area contributed by atoms with Crippen molar-refractivity contribution < 1.29 is 17.9 Å². The second-order valence-electron chi connectivity index (χ2n) is 4.52. The lowest BCUT2D eigenvalue weighted by molar-refractivity contribution is -0.142. The molecule has 1 aromatic heterocycles. The molecule has 0 radical (unpaired) electrons. The van der Waals surface area contributed by atoms with E-state index in [0.717, 1.165) is 0 Å². The van der Waals surface area contributed by atoms with Crippen LogP contribution in [-0.2, 0) is 24.0 Å². The first-order chi connectivity index (χ1) is 8.55. The van der Waals surface area contributed by atoms with Crippen LogP contribution >= 0.6 is 0 Å². The van der Waals surface area contributed by atoms with Gasteiger partial charge in [-0.2, -0.15) is 13.2 Å². The van der Waals surface area contributed by atoms with E-state index in [1.807, 2.05) is 0 Å². The van der Waals surface area contributed by atoms with Crippen LogP contribution in [0.4, 0.5) is 13.2 Å². The molecule has 1 N–H and O–H groups in total. The first kappa shape index (κ1) is 11.9. The van der Waals surface area contributed by atoms with Gasteiger partial charge in [0.25, 0.3) is 0 Å². The van der Waals surface area contributed by atoms with Crippen LogP contribution in [-0.4, -0.2) is 23.2 Å². The van der Waals surface area contributed by atoms with E-state index in [0.29, 0.717) is 31.9 Å². The third-order valence-electron chi connectivity index (χ3n) is 3.27. The largest absolute Gasteiger partial charge is 0.433 e. The van der Waals surface area contributed by atoms with Crippen LogP contribution < -0.4 is 5.32 Å². The van der Waals surface area contributed by atoms with Crippen molar-refractivity contribution in [1.29, 1.82) is 0 Å². The van der Waals surface area contributed by atoms with E-state index >= 15 is 0 Å². The molecule has 1 fully saturated rings. The third kappa shape index (κ3) is 1.97. The predicted molar refractivity (Wildman–Crippen MR) is 55.8 cm³/mol. The molecule has 2 aliphatic heterocycles. The average molecular weight is 259 g/mol. The van der Waals surface area contributed by atoms with Gasteiger partial charge in [0.2, 0.25) is 0 Å². The molecule has 0 saturated carbocycles. The highest BCUT2D eigenvalue weighted by molar-refractivity contribution is 5.31. The zero-order valence-corrected chi connectivity index (χ0v) is 9.55. The minimum Gasteiger partial charge on any atom is -0.381 e. The molecule has 2 aliphatic rings. The maximum absolute atomic E-state index is 13.0. The number of nitrogens with one attached hydrogen (secondary N) is 1. The molecule has 1 atom stereocenters. The van der Waals surface area contributed by atoms with Crippen molar-refractivity contribution in [2.75, 3.05) is 13.2 Å². The van der Waals surface area contributed by atoms with Gasteiger partial charge in [-0.3, -0.25) is 0 Å². The monoisotopic (exact) mass is 259 g/mol. The molecule has 0 spiro atoms. The molecule has 0 amide bonds. The first-order valence-corrected chi connectivity index (χ1v) is 5.81. The second-order valence-corrected chi connectivity index (χ2v) is 4.52. The molecule has 98 valence electrons. The van der Waals surface area contributed by atoms with Gasteiger partial charge in [-0.1, -0.05) is 0 Å². The summed E-state index contributed by atoms with van der Waals surface area (Å²) in [4.78, 5) is 8.00. The normalized spacial score (nSPS) is 23.4. The Morgan fingerprint density at radius 3 is 2.72 bits per heavy atom. The van der Waals surface area contributed by atoms with E-state index in [9.17, 15) is 13.2 Å². The van der Waals surface area contributed by atoms with Gasteiger partial charge in [0.1, 0.15) is 5.82 Å². The summed E-state index contributed by atoms with van der Waals surface area (Å²) in [5.41, 5.74) is -0.135. The van der Waals surface area contributed by atoms with Crippen LogP contribution in [0.1, 0.15) is 35.1 Å². The lowest BCUT2D eigenvalue weighted by Gasteiger charge is -2.14. The van der Waals surface area contributed by atoms with Crippen molar-refractivity contribution >= 4 is 0 Å². The average Bonchev–Trinajstić information content (AvgIpc) is 2.97. The molecule has 0 bridgehead atoms. The van der Waals surface area contributed by atoms with E-state index in [4.69, 9.17) is 4.74 Å². The van der Waals surface area contributed by atoms with E-state index in [2.05, 4.69) is 15.3 Å². The van der Waals surface area contributed by atoms with Crippen LogP contribution in [0.3, 0.4) is 0 Å². The fraction of sp³-hybridized carbons (Fsp3) is 0.636. The summed E-state index contributed by atoms with van der Waals surface area (Å²) in [6.07, 6.45) is -3.74. The quantitative estimate of drug-likeness (QED) is 0.832. The summed E-state index contributed by atoms with van der Waals surface area (Å²) in [6, 6.07) is 0. The van der Waals surface area contributed by atoms with Crippen LogP contribution in [0.15, 0.2) is 0 Å². The lowest BCUT2D eigenvalue weighted by Crippen LogP contribution is -2.17. The summed E-state index contributed by atoms with van der Waals surface area (Å²) >= 11 is 0. The number of halogens is 3. The van der Waals surface area contributed by atoms with E-state index in [1.54, 1.807) is 0 Å². The van der Waals surface area contributed by atoms with Crippen molar-refractivity contribution in [3.63, 3.8) is 0 Å². The topological polar surface area (TPSA) is 47.0 Å². The van der Waals surface area contributed by atoms with Gasteiger partial charge in [-0.25, -0.2) is 9.97 Å². The van der Waals surface area contributed by atoms with Crippen molar-refractivity contribution in [3.05, 3.63) is 22.8 Å². The standard InChI is InChI=1S/C11H12F3N3O/c12-11(13,14)9-7-3-15-4-8(7)16-10(17-9)6-1-2-18-5-6/h6,15H,1-5H2. The van der Waals surface area contributed by atoms with Crippen molar-refractivity contribution in [2.45, 2.75) is 31.6 Å². The van der Waals surface area contributed by atoms with E-state index < -0.39 is 11.9 Å². The van der Waals surface area contributed by atoms with E-state index in [-0.39, 0.29) is 23.9 Å². The van der Waals surface area contributed by atoms with Crippen molar-refractivity contribution in [1.82, 2.24) is 15.3 Å². The number of nitrogens with zero attached hydrogens (tertiary/aromatic N) is 2. The molecule has 3 heterocycles. The molecule has 1 aromatic rings. The summed E-state index contributed by atoms with van der Waals surface area (Å²) in [5.74, 6) is 0.152. The van der Waals surface area contributed by atoms with Crippen molar-refractivity contribution in [3.8, 4) is 0 Å². The molecule has 7 heteroatoms. The lowest BCUT2D eigenvalue weighted by atomic mass is 10.1. The molecule has 1 saturated heterocycles. The molecule has 0 aromatic carbocycles. The van der Waals surface area contributed by atoms with Crippen LogP contribution in [0.5, 0.6) is 0 Å². The summed E-state index contributed by atoms with van der Waals surface area (Å²) in [5, 5.41) is 2.88. The van der Waals surface area contributed by atoms with Gasteiger partial charge >= 0.3 is 6.18 Å². The summed E-state index contributed by atoms with van der Waals surface area (Å²) < 4.78 is 44.1. The maximum atomic E-state index is 13.0. The van der Waals surface area contributed by atoms with Gasteiger partial charge in [0, 0.05) is 31.2 Å². The maximum Gasteiger partial charge on any atom is 0.433 e. The minimum atomic E-state index is -4.42. The third-order valence-corrected chi connectivity index (χ3v) is 3.27. The Morgan fingerprint density at radius 1 is 1.22 bits per heavy atom. The fourth-order valence-corrected chi connectivity index (χ4v) is 2.34. The molecule has 18 heavy (non-hydrogen) atoms. The molecule has 0 aliphatic carbocycles. The zero-order chi connectivity index (χ0) is 12.8. The number of aromatic nitrogens is 2. The van der Waals surface area contributed by atoms with Crippen LogP contribution in [0, 0.1) is 0 Å². The Morgan fingerprint density at radius 2 is 2.06 bits per heavy atom. The van der Waals surface area contributed by atoms with E-state index in [1.165, 1.54) is 0 Å². The highest BCUT2D eigenvalue weighted by Crippen LogP contribution is 2.34. The number of hydrogen-bond acceptors (Lipinski definition) is 4. The molecular formula is C11H12F3N3O. The predicted octanol–water partition coefficient (Wildman–Crippen LogP) is 1.60. The summed E-state index contributed by atoms with van der Waals surface area (Å²) in [7, 11) is 0. The minimum absolute atomic E-state index is 0.114. The number of rotatable bonds is 1. The first-order valence-electron chi connectivity index (χ1n) is 5.81. The molecular weight excluding hydrogens is 247 g/mol. The number of hydrogen-bond donors (Lipinski definition) is 1. The second kappa shape index (κ2) is 4.17. The Labute approximate surface area is 102 Å². The van der Waals surface area contributed by atoms with Gasteiger partial charge in [0.05, 0.1) is 12.3 Å². The van der Waals surface area contributed by atoms with Gasteiger partial charge in [-0.15, -0.1) is 0 Å². The van der Waals surface area contributed by atoms with Gasteiger partial charge in [0.15, 0.2) is 5.69 Å². The summed E-state index contributed by atoms with van der Waals surface area (Å²) in [6.45, 7) is 1.53. The molecule has 1 unspecified atom stereocenters.